The summed E-state index contributed by atoms with van der Waals surface area (Å²) in [7, 11) is 3.35. The molecule has 0 fully saturated rings. The number of amides is 1. The molecule has 2 aromatic heterocycles. The average Bonchev–Trinajstić information content (AvgIpc) is 2.79. The highest BCUT2D eigenvalue weighted by Crippen LogP contribution is 2.27. The smallest absolute Gasteiger partial charge is 0.337 e. The topological polar surface area (TPSA) is 60.1 Å². The summed E-state index contributed by atoms with van der Waals surface area (Å²) in [6, 6.07) is 1.48. The van der Waals surface area contributed by atoms with E-state index in [1.807, 2.05) is 20.8 Å². The van der Waals surface area contributed by atoms with Crippen LogP contribution in [0.4, 0.5) is 13.2 Å². The number of halogens is 3. The van der Waals surface area contributed by atoms with Crippen molar-refractivity contribution in [1.29, 1.82) is 0 Å². The Morgan fingerprint density at radius 3 is 2.46 bits per heavy atom. The Morgan fingerprint density at radius 1 is 1.35 bits per heavy atom. The zero-order chi connectivity index (χ0) is 19.8. The van der Waals surface area contributed by atoms with Crippen molar-refractivity contribution in [3.05, 3.63) is 51.2 Å². The molecule has 0 spiro atoms. The average molecular weight is 370 g/mol. The van der Waals surface area contributed by atoms with Crippen LogP contribution in [0.2, 0.25) is 0 Å². The fourth-order valence-corrected chi connectivity index (χ4v) is 2.94. The van der Waals surface area contributed by atoms with Crippen LogP contribution in [-0.4, -0.2) is 32.2 Å². The molecule has 0 aromatic carbocycles. The summed E-state index contributed by atoms with van der Waals surface area (Å²) in [5.74, 6) is -0.471. The van der Waals surface area contributed by atoms with Crippen LogP contribution < -0.4 is 5.56 Å². The summed E-state index contributed by atoms with van der Waals surface area (Å²) < 4.78 is 41.0. The highest BCUT2D eigenvalue weighted by molar-refractivity contribution is 5.76. The second kappa shape index (κ2) is 6.97. The molecule has 0 aliphatic carbocycles. The molecule has 0 radical (unpaired) electrons. The van der Waals surface area contributed by atoms with Gasteiger partial charge in [-0.2, -0.15) is 18.3 Å². The van der Waals surface area contributed by atoms with Crippen LogP contribution in [0.5, 0.6) is 0 Å². The van der Waals surface area contributed by atoms with Crippen LogP contribution in [-0.2, 0) is 24.6 Å². The predicted molar refractivity (Wildman–Crippen MR) is 89.6 cm³/mol. The first-order chi connectivity index (χ1) is 11.9. The van der Waals surface area contributed by atoms with Gasteiger partial charge in [0.15, 0.2) is 0 Å². The maximum Gasteiger partial charge on any atom is 0.421 e. The van der Waals surface area contributed by atoms with E-state index in [-0.39, 0.29) is 6.04 Å². The number of likely N-dealkylation sites (N-methyl/N-ethyl adjacent to an activating group) is 1. The van der Waals surface area contributed by atoms with E-state index in [9.17, 15) is 22.8 Å². The number of hydrogen-bond donors (Lipinski definition) is 0. The monoisotopic (exact) mass is 370 g/mol. The molecule has 9 heteroatoms. The van der Waals surface area contributed by atoms with Gasteiger partial charge in [0.25, 0.3) is 5.56 Å². The summed E-state index contributed by atoms with van der Waals surface area (Å²) in [6.45, 7) is 5.04. The molecule has 1 amide bonds. The molecular formula is C17H21F3N4O2. The molecule has 142 valence electrons. The Morgan fingerprint density at radius 2 is 1.96 bits per heavy atom. The maximum absolute atomic E-state index is 12.8. The number of aryl methyl sites for hydroxylation is 2. The second-order valence-electron chi connectivity index (χ2n) is 6.24. The Bertz CT molecular complexity index is 883. The lowest BCUT2D eigenvalue weighted by atomic mass is 10.1. The van der Waals surface area contributed by atoms with Gasteiger partial charge in [0.2, 0.25) is 5.91 Å². The summed E-state index contributed by atoms with van der Waals surface area (Å²) in [5.41, 5.74) is 0.0182. The van der Waals surface area contributed by atoms with Gasteiger partial charge in [-0.15, -0.1) is 0 Å². The van der Waals surface area contributed by atoms with E-state index in [1.54, 1.807) is 18.8 Å². The first kappa shape index (κ1) is 19.7. The normalized spacial score (nSPS) is 12.9. The third-order valence-electron chi connectivity index (χ3n) is 4.59. The highest BCUT2D eigenvalue weighted by Gasteiger charge is 2.34. The predicted octanol–water partition coefficient (Wildman–Crippen LogP) is 2.44. The molecule has 2 aromatic rings. The molecule has 0 aliphatic heterocycles. The first-order valence-electron chi connectivity index (χ1n) is 7.97. The molecule has 0 saturated heterocycles. The number of pyridine rings is 1. The molecule has 1 unspecified atom stereocenters. The van der Waals surface area contributed by atoms with Crippen LogP contribution in [0.25, 0.3) is 0 Å². The van der Waals surface area contributed by atoms with Crippen LogP contribution in [0.3, 0.4) is 0 Å². The largest absolute Gasteiger partial charge is 0.421 e. The SMILES string of the molecule is Cc1nn(C)c(C)c1C(C)N(C)C(=O)Cn1cccc(C(F)(F)F)c1=O. The minimum Gasteiger partial charge on any atom is -0.337 e. The minimum atomic E-state index is -4.76. The standard InChI is InChI=1S/C17H21F3N4O2/c1-10-15(12(3)23(5)21-10)11(2)22(4)14(25)9-24-8-6-7-13(16(24)26)17(18,19)20/h6-8,11H,9H2,1-5H3. The van der Waals surface area contributed by atoms with E-state index in [0.717, 1.165) is 27.6 Å². The van der Waals surface area contributed by atoms with Crippen molar-refractivity contribution in [3.63, 3.8) is 0 Å². The number of hydrogen-bond acceptors (Lipinski definition) is 3. The number of rotatable bonds is 4. The van der Waals surface area contributed by atoms with Gasteiger partial charge in [-0.25, -0.2) is 0 Å². The van der Waals surface area contributed by atoms with Gasteiger partial charge >= 0.3 is 6.18 Å². The van der Waals surface area contributed by atoms with Gasteiger partial charge in [-0.1, -0.05) is 0 Å². The number of carbonyl (C=O) groups is 1. The molecule has 0 aliphatic rings. The van der Waals surface area contributed by atoms with E-state index in [4.69, 9.17) is 0 Å². The van der Waals surface area contributed by atoms with Crippen molar-refractivity contribution >= 4 is 5.91 Å². The Hall–Kier alpha value is -2.58. The summed E-state index contributed by atoms with van der Waals surface area (Å²) in [4.78, 5) is 25.9. The van der Waals surface area contributed by atoms with Crippen LogP contribution in [0.15, 0.2) is 23.1 Å². The molecule has 1 atom stereocenters. The number of aromatic nitrogens is 3. The minimum absolute atomic E-state index is 0.335. The lowest BCUT2D eigenvalue weighted by Crippen LogP contribution is -2.37. The van der Waals surface area contributed by atoms with E-state index in [1.165, 1.54) is 11.1 Å². The molecule has 0 N–H and O–H groups in total. The van der Waals surface area contributed by atoms with Gasteiger partial charge < -0.3 is 9.47 Å². The van der Waals surface area contributed by atoms with Crippen LogP contribution >= 0.6 is 0 Å². The molecule has 26 heavy (non-hydrogen) atoms. The van der Waals surface area contributed by atoms with Crippen molar-refractivity contribution in [1.82, 2.24) is 19.2 Å². The van der Waals surface area contributed by atoms with E-state index >= 15 is 0 Å². The van der Waals surface area contributed by atoms with Crippen molar-refractivity contribution in [2.45, 2.75) is 39.5 Å². The Balaban J connectivity index is 2.26. The second-order valence-corrected chi connectivity index (χ2v) is 6.24. The van der Waals surface area contributed by atoms with Gasteiger partial charge in [0.05, 0.1) is 11.7 Å². The Labute approximate surface area is 148 Å². The lowest BCUT2D eigenvalue weighted by molar-refractivity contribution is -0.139. The third kappa shape index (κ3) is 3.66. The van der Waals surface area contributed by atoms with Gasteiger partial charge in [0, 0.05) is 31.5 Å². The fourth-order valence-electron chi connectivity index (χ4n) is 2.94. The highest BCUT2D eigenvalue weighted by atomic mass is 19.4. The quantitative estimate of drug-likeness (QED) is 0.831. The van der Waals surface area contributed by atoms with Crippen molar-refractivity contribution in [2.75, 3.05) is 7.05 Å². The van der Waals surface area contributed by atoms with Crippen LogP contribution in [0, 0.1) is 13.8 Å². The summed E-state index contributed by atoms with van der Waals surface area (Å²) in [5, 5.41) is 4.31. The zero-order valence-corrected chi connectivity index (χ0v) is 15.3. The summed E-state index contributed by atoms with van der Waals surface area (Å²) in [6.07, 6.45) is -3.58. The number of alkyl halides is 3. The molecular weight excluding hydrogens is 349 g/mol. The molecule has 2 heterocycles. The van der Waals surface area contributed by atoms with E-state index < -0.39 is 29.8 Å². The zero-order valence-electron chi connectivity index (χ0n) is 15.3. The van der Waals surface area contributed by atoms with Gasteiger partial charge in [0.1, 0.15) is 12.1 Å². The van der Waals surface area contributed by atoms with Crippen molar-refractivity contribution in [3.8, 4) is 0 Å². The van der Waals surface area contributed by atoms with Crippen molar-refractivity contribution < 1.29 is 18.0 Å². The van der Waals surface area contributed by atoms with Crippen molar-refractivity contribution in [2.24, 2.45) is 7.05 Å². The molecule has 6 nitrogen and oxygen atoms in total. The summed E-state index contributed by atoms with van der Waals surface area (Å²) >= 11 is 0. The Kier molecular flexibility index (Phi) is 5.29. The molecule has 0 saturated carbocycles. The molecule has 0 bridgehead atoms. The number of nitrogens with zero attached hydrogens (tertiary/aromatic N) is 4. The third-order valence-corrected chi connectivity index (χ3v) is 4.59. The van der Waals surface area contributed by atoms with E-state index in [0.29, 0.717) is 6.07 Å². The number of carbonyl (C=O) groups excluding carboxylic acids is 1. The van der Waals surface area contributed by atoms with Gasteiger partial charge in [-0.05, 0) is 32.9 Å². The first-order valence-corrected chi connectivity index (χ1v) is 7.97. The van der Waals surface area contributed by atoms with Gasteiger partial charge in [-0.3, -0.25) is 14.3 Å². The van der Waals surface area contributed by atoms with Crippen LogP contribution in [0.1, 0.15) is 35.5 Å². The van der Waals surface area contributed by atoms with E-state index in [2.05, 4.69) is 5.10 Å². The maximum atomic E-state index is 12.8. The lowest BCUT2D eigenvalue weighted by Gasteiger charge is -2.26. The fraction of sp³-hybridized carbons (Fsp3) is 0.471. The molecule has 2 rings (SSSR count).